The highest BCUT2D eigenvalue weighted by Gasteiger charge is 2.19. The first-order chi connectivity index (χ1) is 10.5. The lowest BCUT2D eigenvalue weighted by atomic mass is 10.0. The zero-order valence-electron chi connectivity index (χ0n) is 13.3. The fraction of sp³-hybridized carbons (Fsp3) is 0.333. The SMILES string of the molecule is CCN(CC(=O)NC(C)C)C(=O)c1cccc2ccccc12. The molecule has 2 amide bonds. The third kappa shape index (κ3) is 3.64. The number of amides is 2. The van der Waals surface area contributed by atoms with E-state index in [9.17, 15) is 9.59 Å². The lowest BCUT2D eigenvalue weighted by Crippen LogP contribution is -2.42. The minimum atomic E-state index is -0.134. The highest BCUT2D eigenvalue weighted by Crippen LogP contribution is 2.20. The Morgan fingerprint density at radius 2 is 1.77 bits per heavy atom. The second-order valence-electron chi connectivity index (χ2n) is 5.57. The summed E-state index contributed by atoms with van der Waals surface area (Å²) >= 11 is 0. The van der Waals surface area contributed by atoms with Gasteiger partial charge in [-0.25, -0.2) is 0 Å². The van der Waals surface area contributed by atoms with E-state index in [-0.39, 0.29) is 24.4 Å². The summed E-state index contributed by atoms with van der Waals surface area (Å²) in [5, 5.41) is 4.76. The first-order valence-electron chi connectivity index (χ1n) is 7.59. The predicted molar refractivity (Wildman–Crippen MR) is 88.8 cm³/mol. The van der Waals surface area contributed by atoms with Gasteiger partial charge in [0.15, 0.2) is 0 Å². The summed E-state index contributed by atoms with van der Waals surface area (Å²) in [6.45, 7) is 6.26. The van der Waals surface area contributed by atoms with Crippen LogP contribution in [0.25, 0.3) is 10.8 Å². The Morgan fingerprint density at radius 3 is 2.45 bits per heavy atom. The average molecular weight is 298 g/mol. The first-order valence-corrected chi connectivity index (χ1v) is 7.59. The topological polar surface area (TPSA) is 49.4 Å². The number of likely N-dealkylation sites (N-methyl/N-ethyl adjacent to an activating group) is 1. The summed E-state index contributed by atoms with van der Waals surface area (Å²) in [7, 11) is 0. The van der Waals surface area contributed by atoms with Crippen molar-refractivity contribution in [1.82, 2.24) is 10.2 Å². The van der Waals surface area contributed by atoms with Gasteiger partial charge in [0.2, 0.25) is 5.91 Å². The van der Waals surface area contributed by atoms with E-state index >= 15 is 0 Å². The number of hydrogen-bond acceptors (Lipinski definition) is 2. The van der Waals surface area contributed by atoms with Gasteiger partial charge in [-0.3, -0.25) is 9.59 Å². The van der Waals surface area contributed by atoms with E-state index in [1.165, 1.54) is 0 Å². The van der Waals surface area contributed by atoms with Crippen molar-refractivity contribution in [2.24, 2.45) is 0 Å². The fourth-order valence-corrected chi connectivity index (χ4v) is 2.45. The van der Waals surface area contributed by atoms with Gasteiger partial charge in [0.05, 0.1) is 6.54 Å². The van der Waals surface area contributed by atoms with E-state index in [0.717, 1.165) is 10.8 Å². The molecule has 2 aromatic carbocycles. The zero-order valence-corrected chi connectivity index (χ0v) is 13.3. The molecule has 0 saturated heterocycles. The molecule has 0 saturated carbocycles. The van der Waals surface area contributed by atoms with Crippen molar-refractivity contribution in [2.75, 3.05) is 13.1 Å². The summed E-state index contributed by atoms with van der Waals surface area (Å²) in [5.41, 5.74) is 0.636. The van der Waals surface area contributed by atoms with Gasteiger partial charge in [-0.05, 0) is 37.6 Å². The number of carbonyl (C=O) groups excluding carboxylic acids is 2. The summed E-state index contributed by atoms with van der Waals surface area (Å²) in [4.78, 5) is 26.2. The van der Waals surface area contributed by atoms with Gasteiger partial charge < -0.3 is 10.2 Å². The smallest absolute Gasteiger partial charge is 0.254 e. The Bertz CT molecular complexity index is 674. The van der Waals surface area contributed by atoms with Crippen LogP contribution in [0.2, 0.25) is 0 Å². The van der Waals surface area contributed by atoms with Crippen molar-refractivity contribution < 1.29 is 9.59 Å². The molecule has 116 valence electrons. The lowest BCUT2D eigenvalue weighted by molar-refractivity contribution is -0.122. The Kier molecular flexibility index (Phi) is 5.15. The lowest BCUT2D eigenvalue weighted by Gasteiger charge is -2.22. The Labute approximate surface area is 131 Å². The van der Waals surface area contributed by atoms with Crippen LogP contribution in [0.5, 0.6) is 0 Å². The number of nitrogens with one attached hydrogen (secondary N) is 1. The molecule has 0 aliphatic rings. The van der Waals surface area contributed by atoms with Gasteiger partial charge in [0, 0.05) is 18.2 Å². The molecule has 0 spiro atoms. The van der Waals surface area contributed by atoms with Crippen LogP contribution >= 0.6 is 0 Å². The van der Waals surface area contributed by atoms with Crippen LogP contribution in [0.1, 0.15) is 31.1 Å². The van der Waals surface area contributed by atoms with Gasteiger partial charge in [-0.2, -0.15) is 0 Å². The van der Waals surface area contributed by atoms with E-state index in [4.69, 9.17) is 0 Å². The molecule has 2 rings (SSSR count). The number of rotatable bonds is 5. The Morgan fingerprint density at radius 1 is 1.09 bits per heavy atom. The molecule has 4 heteroatoms. The summed E-state index contributed by atoms with van der Waals surface area (Å²) in [6.07, 6.45) is 0. The molecular weight excluding hydrogens is 276 g/mol. The van der Waals surface area contributed by atoms with Crippen LogP contribution in [0.4, 0.5) is 0 Å². The molecule has 0 aliphatic heterocycles. The predicted octanol–water partition coefficient (Wildman–Crippen LogP) is 2.83. The van der Waals surface area contributed by atoms with Crippen molar-refractivity contribution in [2.45, 2.75) is 26.8 Å². The monoisotopic (exact) mass is 298 g/mol. The quantitative estimate of drug-likeness (QED) is 0.922. The molecule has 0 aliphatic carbocycles. The van der Waals surface area contributed by atoms with E-state index < -0.39 is 0 Å². The number of hydrogen-bond donors (Lipinski definition) is 1. The van der Waals surface area contributed by atoms with Crippen LogP contribution in [0.15, 0.2) is 42.5 Å². The average Bonchev–Trinajstić information content (AvgIpc) is 2.50. The highest BCUT2D eigenvalue weighted by molar-refractivity contribution is 6.07. The molecule has 4 nitrogen and oxygen atoms in total. The molecule has 0 aromatic heterocycles. The third-order valence-electron chi connectivity index (χ3n) is 3.47. The molecule has 0 atom stereocenters. The first kappa shape index (κ1) is 16.0. The van der Waals surface area contributed by atoms with E-state index in [2.05, 4.69) is 5.32 Å². The van der Waals surface area contributed by atoms with Crippen molar-refractivity contribution in [3.8, 4) is 0 Å². The van der Waals surface area contributed by atoms with Gasteiger partial charge in [0.25, 0.3) is 5.91 Å². The molecule has 22 heavy (non-hydrogen) atoms. The fourth-order valence-electron chi connectivity index (χ4n) is 2.45. The molecule has 0 bridgehead atoms. The van der Waals surface area contributed by atoms with Gasteiger partial charge in [-0.1, -0.05) is 36.4 Å². The van der Waals surface area contributed by atoms with E-state index in [0.29, 0.717) is 12.1 Å². The molecule has 1 N–H and O–H groups in total. The summed E-state index contributed by atoms with van der Waals surface area (Å²) in [6, 6.07) is 13.5. The van der Waals surface area contributed by atoms with Crippen molar-refractivity contribution in [1.29, 1.82) is 0 Å². The van der Waals surface area contributed by atoms with Crippen LogP contribution < -0.4 is 5.32 Å². The number of benzene rings is 2. The van der Waals surface area contributed by atoms with Crippen LogP contribution in [-0.4, -0.2) is 35.8 Å². The Balaban J connectivity index is 2.25. The van der Waals surface area contributed by atoms with Crippen LogP contribution in [0.3, 0.4) is 0 Å². The second-order valence-corrected chi connectivity index (χ2v) is 5.57. The molecule has 0 heterocycles. The van der Waals surface area contributed by atoms with Gasteiger partial charge in [-0.15, -0.1) is 0 Å². The number of carbonyl (C=O) groups is 2. The van der Waals surface area contributed by atoms with Crippen molar-refractivity contribution in [3.05, 3.63) is 48.0 Å². The molecule has 0 fully saturated rings. The second kappa shape index (κ2) is 7.07. The van der Waals surface area contributed by atoms with Crippen molar-refractivity contribution >= 4 is 22.6 Å². The van der Waals surface area contributed by atoms with E-state index in [1.807, 2.05) is 63.2 Å². The molecule has 0 radical (unpaired) electrons. The normalized spacial score (nSPS) is 10.7. The van der Waals surface area contributed by atoms with Crippen molar-refractivity contribution in [3.63, 3.8) is 0 Å². The Hall–Kier alpha value is -2.36. The summed E-state index contributed by atoms with van der Waals surface area (Å²) in [5.74, 6) is -0.247. The highest BCUT2D eigenvalue weighted by atomic mass is 16.2. The van der Waals surface area contributed by atoms with Gasteiger partial charge >= 0.3 is 0 Å². The molecular formula is C18H22N2O2. The number of fused-ring (bicyclic) bond motifs is 1. The van der Waals surface area contributed by atoms with Gasteiger partial charge in [0.1, 0.15) is 0 Å². The van der Waals surface area contributed by atoms with Crippen LogP contribution in [0, 0.1) is 0 Å². The van der Waals surface area contributed by atoms with Crippen LogP contribution in [-0.2, 0) is 4.79 Å². The minimum Gasteiger partial charge on any atom is -0.352 e. The maximum absolute atomic E-state index is 12.8. The summed E-state index contributed by atoms with van der Waals surface area (Å²) < 4.78 is 0. The molecule has 0 unspecified atom stereocenters. The minimum absolute atomic E-state index is 0.0684. The maximum Gasteiger partial charge on any atom is 0.254 e. The largest absolute Gasteiger partial charge is 0.352 e. The van der Waals surface area contributed by atoms with E-state index in [1.54, 1.807) is 4.90 Å². The molecule has 2 aromatic rings. The standard InChI is InChI=1S/C18H22N2O2/c1-4-20(12-17(21)19-13(2)3)18(22)16-11-7-9-14-8-5-6-10-15(14)16/h5-11,13H,4,12H2,1-3H3,(H,19,21). The maximum atomic E-state index is 12.8. The number of nitrogens with zero attached hydrogens (tertiary/aromatic N) is 1. The third-order valence-corrected chi connectivity index (χ3v) is 3.47. The zero-order chi connectivity index (χ0) is 16.1.